The summed E-state index contributed by atoms with van der Waals surface area (Å²) >= 11 is 1.39. The molecule has 1 aromatic rings. The number of piperazine rings is 1. The summed E-state index contributed by atoms with van der Waals surface area (Å²) in [4.78, 5) is 38.4. The van der Waals surface area contributed by atoms with Crippen LogP contribution in [0.25, 0.3) is 0 Å². The third-order valence-corrected chi connectivity index (χ3v) is 4.87. The second kappa shape index (κ2) is 5.48. The lowest BCUT2D eigenvalue weighted by molar-refractivity contribution is -0.151. The van der Waals surface area contributed by atoms with Crippen LogP contribution in [-0.4, -0.2) is 47.3 Å². The van der Waals surface area contributed by atoms with Crippen LogP contribution in [0.1, 0.15) is 29.4 Å². The first kappa shape index (κ1) is 14.1. The first-order chi connectivity index (χ1) is 10.1. The fourth-order valence-electron chi connectivity index (χ4n) is 2.89. The SMILES string of the molecule is CC1NC(=O)C2CC(NC(=O)c3cccs3)CCN2C1=O. The highest BCUT2D eigenvalue weighted by Gasteiger charge is 2.42. The Balaban J connectivity index is 1.65. The highest BCUT2D eigenvalue weighted by Crippen LogP contribution is 2.22. The van der Waals surface area contributed by atoms with Crippen molar-refractivity contribution in [1.82, 2.24) is 15.5 Å². The third-order valence-electron chi connectivity index (χ3n) is 4.00. The average molecular weight is 307 g/mol. The highest BCUT2D eigenvalue weighted by atomic mass is 32.1. The minimum atomic E-state index is -0.462. The quantitative estimate of drug-likeness (QED) is 0.828. The molecule has 7 heteroatoms. The van der Waals surface area contributed by atoms with Gasteiger partial charge in [0.1, 0.15) is 12.1 Å². The van der Waals surface area contributed by atoms with Gasteiger partial charge in [0.05, 0.1) is 4.88 Å². The number of carbonyl (C=O) groups is 3. The Kier molecular flexibility index (Phi) is 3.67. The number of piperidine rings is 1. The molecule has 2 aliphatic heterocycles. The maximum atomic E-state index is 12.1. The van der Waals surface area contributed by atoms with Crippen molar-refractivity contribution in [2.45, 2.75) is 37.9 Å². The molecule has 2 aliphatic rings. The molecule has 1 aromatic heterocycles. The average Bonchev–Trinajstić information content (AvgIpc) is 2.99. The standard InChI is InChI=1S/C14H17N3O3S/c1-8-14(20)17-5-4-9(7-10(17)12(18)15-8)16-13(19)11-3-2-6-21-11/h2-3,6,8-10H,4-5,7H2,1H3,(H,15,18)(H,16,19). The van der Waals surface area contributed by atoms with Crippen molar-refractivity contribution in [1.29, 1.82) is 0 Å². The fraction of sp³-hybridized carbons (Fsp3) is 0.500. The Morgan fingerprint density at radius 2 is 2.29 bits per heavy atom. The van der Waals surface area contributed by atoms with Gasteiger partial charge in [0.15, 0.2) is 0 Å². The molecular formula is C14H17N3O3S. The van der Waals surface area contributed by atoms with Gasteiger partial charge in [-0.25, -0.2) is 0 Å². The number of carbonyl (C=O) groups excluding carboxylic acids is 3. The number of hydrogen-bond donors (Lipinski definition) is 2. The summed E-state index contributed by atoms with van der Waals surface area (Å²) < 4.78 is 0. The predicted octanol–water partition coefficient (Wildman–Crippen LogP) is 0.356. The molecule has 3 unspecified atom stereocenters. The van der Waals surface area contributed by atoms with Crippen molar-refractivity contribution >= 4 is 29.1 Å². The Hall–Kier alpha value is -1.89. The van der Waals surface area contributed by atoms with E-state index in [1.54, 1.807) is 17.9 Å². The Labute approximate surface area is 126 Å². The minimum Gasteiger partial charge on any atom is -0.348 e. The third kappa shape index (κ3) is 2.65. The summed E-state index contributed by atoms with van der Waals surface area (Å²) in [6.07, 6.45) is 1.15. The van der Waals surface area contributed by atoms with Gasteiger partial charge in [0, 0.05) is 12.6 Å². The molecule has 3 rings (SSSR count). The molecule has 0 radical (unpaired) electrons. The Morgan fingerprint density at radius 1 is 1.48 bits per heavy atom. The summed E-state index contributed by atoms with van der Waals surface area (Å²) in [6.45, 7) is 2.21. The van der Waals surface area contributed by atoms with E-state index < -0.39 is 12.1 Å². The molecule has 0 spiro atoms. The molecule has 2 N–H and O–H groups in total. The molecule has 2 fully saturated rings. The number of hydrogen-bond acceptors (Lipinski definition) is 4. The van der Waals surface area contributed by atoms with E-state index in [4.69, 9.17) is 0 Å². The van der Waals surface area contributed by atoms with E-state index in [-0.39, 0.29) is 23.8 Å². The molecule has 2 saturated heterocycles. The van der Waals surface area contributed by atoms with Gasteiger partial charge in [-0.3, -0.25) is 14.4 Å². The van der Waals surface area contributed by atoms with Gasteiger partial charge >= 0.3 is 0 Å². The second-order valence-electron chi connectivity index (χ2n) is 5.45. The summed E-state index contributed by atoms with van der Waals surface area (Å²) in [7, 11) is 0. The Morgan fingerprint density at radius 3 is 3.00 bits per heavy atom. The summed E-state index contributed by atoms with van der Waals surface area (Å²) in [5.74, 6) is -0.279. The van der Waals surface area contributed by atoms with Crippen molar-refractivity contribution in [3.63, 3.8) is 0 Å². The van der Waals surface area contributed by atoms with Crippen molar-refractivity contribution in [3.8, 4) is 0 Å². The zero-order valence-corrected chi connectivity index (χ0v) is 12.5. The van der Waals surface area contributed by atoms with Gasteiger partial charge in [0.2, 0.25) is 11.8 Å². The molecule has 0 aromatic carbocycles. The van der Waals surface area contributed by atoms with Crippen molar-refractivity contribution in [2.75, 3.05) is 6.54 Å². The fourth-order valence-corrected chi connectivity index (χ4v) is 3.52. The van der Waals surface area contributed by atoms with E-state index in [1.165, 1.54) is 11.3 Å². The maximum absolute atomic E-state index is 12.1. The lowest BCUT2D eigenvalue weighted by Crippen LogP contribution is -2.66. The highest BCUT2D eigenvalue weighted by molar-refractivity contribution is 7.12. The lowest BCUT2D eigenvalue weighted by Gasteiger charge is -2.43. The number of thiophene rings is 1. The van der Waals surface area contributed by atoms with Crippen LogP contribution < -0.4 is 10.6 Å². The predicted molar refractivity (Wildman–Crippen MR) is 77.9 cm³/mol. The molecule has 3 atom stereocenters. The number of nitrogens with one attached hydrogen (secondary N) is 2. The molecule has 0 aliphatic carbocycles. The second-order valence-corrected chi connectivity index (χ2v) is 6.40. The monoisotopic (exact) mass is 307 g/mol. The van der Waals surface area contributed by atoms with E-state index in [9.17, 15) is 14.4 Å². The summed E-state index contributed by atoms with van der Waals surface area (Å²) in [5, 5.41) is 7.50. The van der Waals surface area contributed by atoms with Crippen LogP contribution in [-0.2, 0) is 9.59 Å². The van der Waals surface area contributed by atoms with E-state index in [0.717, 1.165) is 0 Å². The van der Waals surface area contributed by atoms with Gasteiger partial charge in [-0.05, 0) is 31.2 Å². The van der Waals surface area contributed by atoms with Crippen LogP contribution in [0.5, 0.6) is 0 Å². The van der Waals surface area contributed by atoms with Gasteiger partial charge in [-0.2, -0.15) is 0 Å². The zero-order chi connectivity index (χ0) is 15.0. The molecule has 21 heavy (non-hydrogen) atoms. The molecule has 0 bridgehead atoms. The molecule has 112 valence electrons. The minimum absolute atomic E-state index is 0.0392. The Bertz CT molecular complexity index is 572. The largest absolute Gasteiger partial charge is 0.348 e. The first-order valence-corrected chi connectivity index (χ1v) is 7.89. The van der Waals surface area contributed by atoms with Crippen LogP contribution in [0.3, 0.4) is 0 Å². The smallest absolute Gasteiger partial charge is 0.261 e. The van der Waals surface area contributed by atoms with E-state index in [0.29, 0.717) is 24.3 Å². The molecule has 0 saturated carbocycles. The molecular weight excluding hydrogens is 290 g/mol. The molecule has 3 amide bonds. The molecule has 6 nitrogen and oxygen atoms in total. The normalized spacial score (nSPS) is 28.8. The van der Waals surface area contributed by atoms with E-state index in [2.05, 4.69) is 10.6 Å². The van der Waals surface area contributed by atoms with Crippen LogP contribution in [0.2, 0.25) is 0 Å². The van der Waals surface area contributed by atoms with Crippen molar-refractivity contribution in [2.24, 2.45) is 0 Å². The van der Waals surface area contributed by atoms with Crippen LogP contribution in [0.4, 0.5) is 0 Å². The topological polar surface area (TPSA) is 78.5 Å². The van der Waals surface area contributed by atoms with Gasteiger partial charge in [0.25, 0.3) is 5.91 Å². The first-order valence-electron chi connectivity index (χ1n) is 7.01. The van der Waals surface area contributed by atoms with Crippen molar-refractivity contribution < 1.29 is 14.4 Å². The number of fused-ring (bicyclic) bond motifs is 1. The summed E-state index contributed by atoms with van der Waals surface area (Å²) in [6, 6.07) is 2.61. The van der Waals surface area contributed by atoms with Gasteiger partial charge in [-0.15, -0.1) is 11.3 Å². The number of nitrogens with zero attached hydrogens (tertiary/aromatic N) is 1. The van der Waals surface area contributed by atoms with Crippen LogP contribution in [0.15, 0.2) is 17.5 Å². The lowest BCUT2D eigenvalue weighted by atomic mass is 9.93. The van der Waals surface area contributed by atoms with E-state index >= 15 is 0 Å². The molecule has 3 heterocycles. The number of amides is 3. The van der Waals surface area contributed by atoms with E-state index in [1.807, 2.05) is 11.4 Å². The number of rotatable bonds is 2. The van der Waals surface area contributed by atoms with Crippen LogP contribution >= 0.6 is 11.3 Å². The van der Waals surface area contributed by atoms with Crippen molar-refractivity contribution in [3.05, 3.63) is 22.4 Å². The van der Waals surface area contributed by atoms with Gasteiger partial charge in [-0.1, -0.05) is 6.07 Å². The summed E-state index contributed by atoms with van der Waals surface area (Å²) in [5.41, 5.74) is 0. The van der Waals surface area contributed by atoms with Gasteiger partial charge < -0.3 is 15.5 Å². The zero-order valence-electron chi connectivity index (χ0n) is 11.7. The maximum Gasteiger partial charge on any atom is 0.261 e. The van der Waals surface area contributed by atoms with Crippen LogP contribution in [0, 0.1) is 0 Å².